The number of rotatable bonds is 12. The van der Waals surface area contributed by atoms with E-state index in [0.717, 1.165) is 33.8 Å². The quantitative estimate of drug-likeness (QED) is 0.292. The van der Waals surface area contributed by atoms with Gasteiger partial charge in [-0.25, -0.2) is 8.42 Å². The number of hydrogen-bond donors (Lipinski definition) is 1. The zero-order valence-electron chi connectivity index (χ0n) is 22.9. The Morgan fingerprint density at radius 2 is 1.59 bits per heavy atom. The zero-order chi connectivity index (χ0) is 28.6. The second-order valence-corrected chi connectivity index (χ2v) is 11.9. The molecule has 3 aromatic carbocycles. The van der Waals surface area contributed by atoms with Gasteiger partial charge in [-0.3, -0.25) is 13.9 Å². The molecule has 0 spiro atoms. The molecule has 0 aromatic heterocycles. The maximum atomic E-state index is 13.9. The number of hydrogen-bond acceptors (Lipinski definition) is 4. The summed E-state index contributed by atoms with van der Waals surface area (Å²) in [5.41, 5.74) is 3.07. The van der Waals surface area contributed by atoms with Crippen LogP contribution in [0.15, 0.2) is 77.7 Å². The smallest absolute Gasteiger partial charge is 0.264 e. The van der Waals surface area contributed by atoms with Gasteiger partial charge >= 0.3 is 0 Å². The first-order valence-electron chi connectivity index (χ1n) is 13.0. The molecule has 7 nitrogen and oxygen atoms in total. The number of nitrogens with one attached hydrogen (secondary N) is 1. The van der Waals surface area contributed by atoms with Crippen LogP contribution in [0.5, 0.6) is 0 Å². The number of benzene rings is 3. The van der Waals surface area contributed by atoms with Crippen LogP contribution in [-0.2, 0) is 26.2 Å². The highest BCUT2D eigenvalue weighted by Gasteiger charge is 2.32. The van der Waals surface area contributed by atoms with Gasteiger partial charge < -0.3 is 10.2 Å². The predicted octanol–water partition coefficient (Wildman–Crippen LogP) is 5.49. The molecular weight excluding hydrogens is 534 g/mol. The van der Waals surface area contributed by atoms with Gasteiger partial charge in [0.05, 0.1) is 10.6 Å². The number of unbranched alkanes of at least 4 members (excludes halogenated alkanes) is 1. The molecule has 0 bridgehead atoms. The van der Waals surface area contributed by atoms with E-state index in [1.54, 1.807) is 25.1 Å². The van der Waals surface area contributed by atoms with Gasteiger partial charge in [0, 0.05) is 18.1 Å². The SMILES string of the molecule is CCCCNC(=O)[C@H](C)N(Cc1cccc(C)c1)C(=O)CN(c1cccc(C)c1)S(=O)(=O)c1ccc(Cl)cc1. The lowest BCUT2D eigenvalue weighted by atomic mass is 10.1. The molecule has 0 saturated carbocycles. The molecule has 0 fully saturated rings. The molecule has 1 N–H and O–H groups in total. The van der Waals surface area contributed by atoms with E-state index < -0.39 is 28.5 Å². The van der Waals surface area contributed by atoms with Crippen molar-refractivity contribution >= 4 is 39.1 Å². The zero-order valence-corrected chi connectivity index (χ0v) is 24.4. The Morgan fingerprint density at radius 1 is 0.949 bits per heavy atom. The normalized spacial score (nSPS) is 12.0. The van der Waals surface area contributed by atoms with Gasteiger partial charge in [-0.1, -0.05) is 66.9 Å². The van der Waals surface area contributed by atoms with E-state index in [0.29, 0.717) is 17.3 Å². The molecule has 0 aliphatic heterocycles. The summed E-state index contributed by atoms with van der Waals surface area (Å²) < 4.78 is 28.7. The van der Waals surface area contributed by atoms with Crippen LogP contribution in [0, 0.1) is 13.8 Å². The Hall–Kier alpha value is -3.36. The fraction of sp³-hybridized carbons (Fsp3) is 0.333. The van der Waals surface area contributed by atoms with Gasteiger partial charge in [0.25, 0.3) is 10.0 Å². The highest BCUT2D eigenvalue weighted by Crippen LogP contribution is 2.26. The summed E-state index contributed by atoms with van der Waals surface area (Å²) in [6.45, 7) is 7.69. The minimum atomic E-state index is -4.13. The lowest BCUT2D eigenvalue weighted by Crippen LogP contribution is -2.51. The van der Waals surface area contributed by atoms with Crippen molar-refractivity contribution in [2.45, 2.75) is 58.0 Å². The number of amides is 2. The summed E-state index contributed by atoms with van der Waals surface area (Å²) in [6.07, 6.45) is 1.75. The van der Waals surface area contributed by atoms with Crippen molar-refractivity contribution in [2.75, 3.05) is 17.4 Å². The van der Waals surface area contributed by atoms with E-state index in [4.69, 9.17) is 11.6 Å². The summed E-state index contributed by atoms with van der Waals surface area (Å²) in [6, 6.07) is 19.7. The van der Waals surface area contributed by atoms with Crippen LogP contribution in [0.4, 0.5) is 5.69 Å². The minimum Gasteiger partial charge on any atom is -0.354 e. The molecule has 0 heterocycles. The molecule has 0 unspecified atom stereocenters. The molecule has 2 amide bonds. The van der Waals surface area contributed by atoms with Crippen LogP contribution >= 0.6 is 11.6 Å². The number of anilines is 1. The first-order valence-corrected chi connectivity index (χ1v) is 14.8. The van der Waals surface area contributed by atoms with E-state index in [2.05, 4.69) is 5.32 Å². The van der Waals surface area contributed by atoms with Crippen molar-refractivity contribution < 1.29 is 18.0 Å². The summed E-state index contributed by atoms with van der Waals surface area (Å²) in [5, 5.41) is 3.29. The van der Waals surface area contributed by atoms with E-state index in [-0.39, 0.29) is 17.3 Å². The molecular formula is C30H36ClN3O4S. The molecule has 208 valence electrons. The molecule has 0 aliphatic rings. The van der Waals surface area contributed by atoms with Crippen molar-refractivity contribution in [2.24, 2.45) is 0 Å². The minimum absolute atomic E-state index is 0.0109. The summed E-state index contributed by atoms with van der Waals surface area (Å²) in [5.74, 6) is -0.777. The van der Waals surface area contributed by atoms with Crippen molar-refractivity contribution in [3.8, 4) is 0 Å². The van der Waals surface area contributed by atoms with Gasteiger partial charge in [0.2, 0.25) is 11.8 Å². The topological polar surface area (TPSA) is 86.8 Å². The fourth-order valence-electron chi connectivity index (χ4n) is 4.17. The van der Waals surface area contributed by atoms with E-state index in [1.165, 1.54) is 29.2 Å². The van der Waals surface area contributed by atoms with Crippen LogP contribution in [0.25, 0.3) is 0 Å². The Labute approximate surface area is 236 Å². The third kappa shape index (κ3) is 8.07. The standard InChI is InChI=1S/C30H36ClN3O4S/c1-5-6-17-32-30(36)24(4)33(20-25-11-7-9-22(2)18-25)29(35)21-34(27-12-8-10-23(3)19-27)39(37,38)28-15-13-26(31)14-16-28/h7-16,18-19,24H,5-6,17,20-21H2,1-4H3,(H,32,36)/t24-/m0/s1. The Bertz CT molecular complexity index is 1390. The Morgan fingerprint density at radius 3 is 2.21 bits per heavy atom. The molecule has 9 heteroatoms. The molecule has 1 atom stereocenters. The van der Waals surface area contributed by atoms with Crippen LogP contribution < -0.4 is 9.62 Å². The molecule has 3 aromatic rings. The van der Waals surface area contributed by atoms with Gasteiger partial charge in [0.1, 0.15) is 12.6 Å². The Balaban J connectivity index is 2.00. The molecule has 0 aliphatic carbocycles. The largest absolute Gasteiger partial charge is 0.354 e. The maximum absolute atomic E-state index is 13.9. The maximum Gasteiger partial charge on any atom is 0.264 e. The second-order valence-electron chi connectivity index (χ2n) is 9.64. The fourth-order valence-corrected chi connectivity index (χ4v) is 5.70. The monoisotopic (exact) mass is 569 g/mol. The van der Waals surface area contributed by atoms with Crippen LogP contribution in [-0.4, -0.2) is 44.3 Å². The second kappa shape index (κ2) is 13.6. The lowest BCUT2D eigenvalue weighted by molar-refractivity contribution is -0.139. The van der Waals surface area contributed by atoms with Gasteiger partial charge in [-0.2, -0.15) is 0 Å². The third-order valence-electron chi connectivity index (χ3n) is 6.40. The molecule has 3 rings (SSSR count). The first-order chi connectivity index (χ1) is 18.5. The number of carbonyl (C=O) groups excluding carboxylic acids is 2. The van der Waals surface area contributed by atoms with Crippen LogP contribution in [0.3, 0.4) is 0 Å². The average Bonchev–Trinajstić information content (AvgIpc) is 2.90. The average molecular weight is 570 g/mol. The van der Waals surface area contributed by atoms with Crippen LogP contribution in [0.1, 0.15) is 43.4 Å². The van der Waals surface area contributed by atoms with Crippen molar-refractivity contribution in [3.05, 3.63) is 94.5 Å². The van der Waals surface area contributed by atoms with E-state index in [1.807, 2.05) is 51.1 Å². The van der Waals surface area contributed by atoms with Crippen molar-refractivity contribution in [1.82, 2.24) is 10.2 Å². The van der Waals surface area contributed by atoms with Crippen molar-refractivity contribution in [1.29, 1.82) is 0 Å². The predicted molar refractivity (Wildman–Crippen MR) is 156 cm³/mol. The highest BCUT2D eigenvalue weighted by atomic mass is 35.5. The number of carbonyl (C=O) groups is 2. The number of sulfonamides is 1. The third-order valence-corrected chi connectivity index (χ3v) is 8.44. The molecule has 39 heavy (non-hydrogen) atoms. The summed E-state index contributed by atoms with van der Waals surface area (Å²) in [4.78, 5) is 28.4. The number of nitrogens with zero attached hydrogens (tertiary/aromatic N) is 2. The van der Waals surface area contributed by atoms with Gasteiger partial charge in [-0.05, 0) is 74.7 Å². The number of halogens is 1. The summed E-state index contributed by atoms with van der Waals surface area (Å²) >= 11 is 6.00. The highest BCUT2D eigenvalue weighted by molar-refractivity contribution is 7.92. The molecule has 0 radical (unpaired) electrons. The lowest BCUT2D eigenvalue weighted by Gasteiger charge is -2.32. The van der Waals surface area contributed by atoms with Gasteiger partial charge in [-0.15, -0.1) is 0 Å². The number of aryl methyl sites for hydroxylation is 2. The molecule has 0 saturated heterocycles. The Kier molecular flexibility index (Phi) is 10.5. The van der Waals surface area contributed by atoms with Crippen molar-refractivity contribution in [3.63, 3.8) is 0 Å². The first kappa shape index (κ1) is 30.2. The van der Waals surface area contributed by atoms with E-state index >= 15 is 0 Å². The van der Waals surface area contributed by atoms with Crippen LogP contribution in [0.2, 0.25) is 5.02 Å². The van der Waals surface area contributed by atoms with E-state index in [9.17, 15) is 18.0 Å². The summed E-state index contributed by atoms with van der Waals surface area (Å²) in [7, 11) is -4.13. The van der Waals surface area contributed by atoms with Gasteiger partial charge in [0.15, 0.2) is 0 Å².